The van der Waals surface area contributed by atoms with Crippen LogP contribution in [0.5, 0.6) is 5.75 Å². The van der Waals surface area contributed by atoms with Gasteiger partial charge in [-0.3, -0.25) is 9.10 Å². The summed E-state index contributed by atoms with van der Waals surface area (Å²) in [5.41, 5.74) is 0.367. The molecule has 0 aliphatic carbocycles. The number of halogens is 3. The molecule has 0 aromatic heterocycles. The molecule has 0 aliphatic heterocycles. The van der Waals surface area contributed by atoms with Gasteiger partial charge in [-0.25, -0.2) is 8.42 Å². The topological polar surface area (TPSA) is 75.7 Å². The third-order valence-corrected chi connectivity index (χ3v) is 5.61. The second-order valence-corrected chi connectivity index (χ2v) is 8.69. The Morgan fingerprint density at radius 3 is 2.43 bits per heavy atom. The van der Waals surface area contributed by atoms with E-state index in [0.29, 0.717) is 0 Å². The van der Waals surface area contributed by atoms with Crippen LogP contribution in [0.4, 0.5) is 18.9 Å². The molecular formula is C20H23F3N2O4S. The Hall–Kier alpha value is -2.75. The minimum absolute atomic E-state index is 0.185. The first-order valence-corrected chi connectivity index (χ1v) is 10.8. The number of benzene rings is 2. The number of carbonyl (C=O) groups excluding carboxylic acids is 1. The molecule has 0 heterocycles. The van der Waals surface area contributed by atoms with E-state index < -0.39 is 33.7 Å². The zero-order valence-electron chi connectivity index (χ0n) is 16.9. The molecule has 0 spiro atoms. The maximum Gasteiger partial charge on any atom is 0.416 e. The van der Waals surface area contributed by atoms with Crippen LogP contribution in [0.25, 0.3) is 0 Å². The molecule has 0 fully saturated rings. The maximum absolute atomic E-state index is 12.9. The highest BCUT2D eigenvalue weighted by atomic mass is 32.2. The molecule has 1 atom stereocenters. The summed E-state index contributed by atoms with van der Waals surface area (Å²) in [5, 5.41) is 2.50. The van der Waals surface area contributed by atoms with Crippen LogP contribution in [0.15, 0.2) is 42.5 Å². The van der Waals surface area contributed by atoms with Gasteiger partial charge in [0.15, 0.2) is 0 Å². The zero-order chi connectivity index (χ0) is 22.7. The van der Waals surface area contributed by atoms with E-state index in [4.69, 9.17) is 4.74 Å². The number of nitrogens with zero attached hydrogens (tertiary/aromatic N) is 1. The van der Waals surface area contributed by atoms with Crippen LogP contribution in [-0.4, -0.2) is 33.7 Å². The standard InChI is InChI=1S/C20H23F3N2O4S/c1-13-8-9-18(29-3)17(10-13)25(30(4,27)28)14(2)19(26)24-12-15-6-5-7-16(11-15)20(21,22)23/h5-11,14H,12H2,1-4H3,(H,24,26)/t14-/m1/s1. The van der Waals surface area contributed by atoms with Gasteiger partial charge in [-0.2, -0.15) is 13.2 Å². The second kappa shape index (κ2) is 8.95. The maximum atomic E-state index is 12.9. The van der Waals surface area contributed by atoms with Crippen molar-refractivity contribution in [3.8, 4) is 5.75 Å². The first-order chi connectivity index (χ1) is 13.8. The number of hydrogen-bond acceptors (Lipinski definition) is 4. The molecule has 0 radical (unpaired) electrons. The van der Waals surface area contributed by atoms with Crippen molar-refractivity contribution < 1.29 is 31.1 Å². The van der Waals surface area contributed by atoms with Crippen molar-refractivity contribution in [2.75, 3.05) is 17.7 Å². The minimum atomic E-state index is -4.50. The van der Waals surface area contributed by atoms with Crippen LogP contribution in [0.1, 0.15) is 23.6 Å². The van der Waals surface area contributed by atoms with Gasteiger partial charge < -0.3 is 10.1 Å². The van der Waals surface area contributed by atoms with Gasteiger partial charge in [0.25, 0.3) is 0 Å². The average Bonchev–Trinajstić information content (AvgIpc) is 2.65. The molecule has 2 aromatic rings. The Bertz CT molecular complexity index is 1020. The minimum Gasteiger partial charge on any atom is -0.495 e. The molecular weight excluding hydrogens is 421 g/mol. The van der Waals surface area contributed by atoms with Crippen LogP contribution in [0.2, 0.25) is 0 Å². The van der Waals surface area contributed by atoms with E-state index in [-0.39, 0.29) is 23.5 Å². The molecule has 30 heavy (non-hydrogen) atoms. The molecule has 2 aromatic carbocycles. The zero-order valence-corrected chi connectivity index (χ0v) is 17.8. The third-order valence-electron chi connectivity index (χ3n) is 4.38. The van der Waals surface area contributed by atoms with Gasteiger partial charge in [0, 0.05) is 6.54 Å². The van der Waals surface area contributed by atoms with Gasteiger partial charge >= 0.3 is 6.18 Å². The Balaban J connectivity index is 2.27. The van der Waals surface area contributed by atoms with Crippen LogP contribution in [-0.2, 0) is 27.5 Å². The highest BCUT2D eigenvalue weighted by Gasteiger charge is 2.32. The lowest BCUT2D eigenvalue weighted by molar-refractivity contribution is -0.137. The van der Waals surface area contributed by atoms with Crippen molar-refractivity contribution >= 4 is 21.6 Å². The number of sulfonamides is 1. The number of anilines is 1. The summed E-state index contributed by atoms with van der Waals surface area (Å²) in [7, 11) is -2.49. The summed E-state index contributed by atoms with van der Waals surface area (Å²) in [5.74, 6) is -0.398. The summed E-state index contributed by atoms with van der Waals surface area (Å²) >= 11 is 0. The Labute approximate surface area is 173 Å². The van der Waals surface area contributed by atoms with Crippen molar-refractivity contribution in [2.24, 2.45) is 0 Å². The highest BCUT2D eigenvalue weighted by molar-refractivity contribution is 7.92. The number of ether oxygens (including phenoxy) is 1. The van der Waals surface area contributed by atoms with E-state index in [1.165, 1.54) is 26.2 Å². The number of aryl methyl sites for hydroxylation is 1. The van der Waals surface area contributed by atoms with Crippen LogP contribution in [0, 0.1) is 6.92 Å². The molecule has 6 nitrogen and oxygen atoms in total. The molecule has 0 bridgehead atoms. The summed E-state index contributed by atoms with van der Waals surface area (Å²) in [6.45, 7) is 2.97. The fourth-order valence-corrected chi connectivity index (χ4v) is 4.12. The number of amides is 1. The number of nitrogens with one attached hydrogen (secondary N) is 1. The predicted molar refractivity (Wildman–Crippen MR) is 108 cm³/mol. The van der Waals surface area contributed by atoms with Gasteiger partial charge in [0.2, 0.25) is 15.9 Å². The van der Waals surface area contributed by atoms with E-state index in [2.05, 4.69) is 5.32 Å². The van der Waals surface area contributed by atoms with Gasteiger partial charge in [-0.1, -0.05) is 18.2 Å². The highest BCUT2D eigenvalue weighted by Crippen LogP contribution is 2.33. The van der Waals surface area contributed by atoms with Gasteiger partial charge in [0.1, 0.15) is 11.8 Å². The lowest BCUT2D eigenvalue weighted by Crippen LogP contribution is -2.47. The van der Waals surface area contributed by atoms with Crippen molar-refractivity contribution in [2.45, 2.75) is 32.6 Å². The normalized spacial score (nSPS) is 12.9. The molecule has 0 saturated carbocycles. The molecule has 0 unspecified atom stereocenters. The van der Waals surface area contributed by atoms with E-state index in [1.807, 2.05) is 0 Å². The quantitative estimate of drug-likeness (QED) is 0.709. The molecule has 1 amide bonds. The number of alkyl halides is 3. The van der Waals surface area contributed by atoms with E-state index in [9.17, 15) is 26.4 Å². The predicted octanol–water partition coefficient (Wildman–Crippen LogP) is 3.49. The second-order valence-electron chi connectivity index (χ2n) is 6.83. The molecule has 0 aliphatic rings. The van der Waals surface area contributed by atoms with Crippen LogP contribution >= 0.6 is 0 Å². The number of carbonyl (C=O) groups is 1. The lowest BCUT2D eigenvalue weighted by Gasteiger charge is -2.29. The summed E-state index contributed by atoms with van der Waals surface area (Å²) in [6, 6.07) is 8.30. The molecule has 1 N–H and O–H groups in total. The first kappa shape index (κ1) is 23.5. The largest absolute Gasteiger partial charge is 0.495 e. The fraction of sp³-hybridized carbons (Fsp3) is 0.350. The summed E-state index contributed by atoms with van der Waals surface area (Å²) in [4.78, 5) is 12.7. The summed E-state index contributed by atoms with van der Waals surface area (Å²) < 4.78 is 69.6. The van der Waals surface area contributed by atoms with Crippen molar-refractivity contribution in [1.82, 2.24) is 5.32 Å². The molecule has 2 rings (SSSR count). The van der Waals surface area contributed by atoms with Crippen molar-refractivity contribution in [3.05, 3.63) is 59.2 Å². The van der Waals surface area contributed by atoms with Gasteiger partial charge in [0.05, 0.1) is 24.6 Å². The van der Waals surface area contributed by atoms with E-state index in [0.717, 1.165) is 28.3 Å². The number of rotatable bonds is 7. The van der Waals surface area contributed by atoms with E-state index >= 15 is 0 Å². The Morgan fingerprint density at radius 1 is 1.20 bits per heavy atom. The average molecular weight is 444 g/mol. The van der Waals surface area contributed by atoms with Crippen LogP contribution < -0.4 is 14.4 Å². The third kappa shape index (κ3) is 5.65. The van der Waals surface area contributed by atoms with E-state index in [1.54, 1.807) is 25.1 Å². The van der Waals surface area contributed by atoms with Crippen LogP contribution in [0.3, 0.4) is 0 Å². The molecule has 164 valence electrons. The fourth-order valence-electron chi connectivity index (χ4n) is 2.95. The lowest BCUT2D eigenvalue weighted by atomic mass is 10.1. The van der Waals surface area contributed by atoms with Crippen molar-refractivity contribution in [1.29, 1.82) is 0 Å². The molecule has 0 saturated heterocycles. The smallest absolute Gasteiger partial charge is 0.416 e. The first-order valence-electron chi connectivity index (χ1n) is 8.92. The number of hydrogen-bond donors (Lipinski definition) is 1. The monoisotopic (exact) mass is 444 g/mol. The SMILES string of the molecule is COc1ccc(C)cc1N([C@H](C)C(=O)NCc1cccc(C(F)(F)F)c1)S(C)(=O)=O. The van der Waals surface area contributed by atoms with Crippen molar-refractivity contribution in [3.63, 3.8) is 0 Å². The van der Waals surface area contributed by atoms with Gasteiger partial charge in [-0.15, -0.1) is 0 Å². The number of methoxy groups -OCH3 is 1. The van der Waals surface area contributed by atoms with Gasteiger partial charge in [-0.05, 0) is 49.2 Å². The summed E-state index contributed by atoms with van der Waals surface area (Å²) in [6.07, 6.45) is -3.53. The molecule has 10 heteroatoms. The Kier molecular flexibility index (Phi) is 7.02. The Morgan fingerprint density at radius 2 is 1.87 bits per heavy atom.